The number of methoxy groups -OCH3 is 1. The Morgan fingerprint density at radius 1 is 1.10 bits per heavy atom. The van der Waals surface area contributed by atoms with Crippen molar-refractivity contribution in [1.29, 1.82) is 5.26 Å². The number of nitrogens with two attached hydrogens (primary N) is 1. The van der Waals surface area contributed by atoms with E-state index in [1.165, 1.54) is 0 Å². The number of benzene rings is 2. The SMILES string of the molecule is COc1cc(/C(N)=C(/C#N)c2ccccc2)ccc1C. The normalized spacial score (nSPS) is 11.4. The van der Waals surface area contributed by atoms with Gasteiger partial charge in [0.15, 0.2) is 0 Å². The summed E-state index contributed by atoms with van der Waals surface area (Å²) in [5.74, 6) is 0.760. The first-order valence-electron chi connectivity index (χ1n) is 6.27. The Balaban J connectivity index is 2.55. The summed E-state index contributed by atoms with van der Waals surface area (Å²) in [4.78, 5) is 0. The van der Waals surface area contributed by atoms with Crippen LogP contribution in [0.5, 0.6) is 5.75 Å². The molecule has 3 heteroatoms. The lowest BCUT2D eigenvalue weighted by molar-refractivity contribution is 0.411. The van der Waals surface area contributed by atoms with Gasteiger partial charge in [0.2, 0.25) is 0 Å². The lowest BCUT2D eigenvalue weighted by Gasteiger charge is -2.10. The maximum atomic E-state index is 9.37. The smallest absolute Gasteiger partial charge is 0.122 e. The molecule has 20 heavy (non-hydrogen) atoms. The summed E-state index contributed by atoms with van der Waals surface area (Å²) in [5, 5.41) is 9.37. The Kier molecular flexibility index (Phi) is 4.07. The summed E-state index contributed by atoms with van der Waals surface area (Å²) in [7, 11) is 1.62. The highest BCUT2D eigenvalue weighted by Gasteiger charge is 2.09. The molecule has 0 atom stereocenters. The van der Waals surface area contributed by atoms with Crippen LogP contribution in [-0.2, 0) is 0 Å². The van der Waals surface area contributed by atoms with Crippen molar-refractivity contribution in [1.82, 2.24) is 0 Å². The summed E-state index contributed by atoms with van der Waals surface area (Å²) < 4.78 is 5.29. The second kappa shape index (κ2) is 5.94. The molecule has 0 aromatic heterocycles. The van der Waals surface area contributed by atoms with Gasteiger partial charge in [-0.05, 0) is 24.1 Å². The van der Waals surface area contributed by atoms with E-state index in [-0.39, 0.29) is 0 Å². The van der Waals surface area contributed by atoms with Crippen LogP contribution in [-0.4, -0.2) is 7.11 Å². The first kappa shape index (κ1) is 13.7. The number of rotatable bonds is 3. The number of hydrogen-bond acceptors (Lipinski definition) is 3. The number of aryl methyl sites for hydroxylation is 1. The number of ether oxygens (including phenoxy) is 1. The molecular formula is C17H16N2O. The monoisotopic (exact) mass is 264 g/mol. The standard InChI is InChI=1S/C17H16N2O/c1-12-8-9-14(10-16(12)20-2)17(19)15(11-18)13-6-4-3-5-7-13/h3-10H,19H2,1-2H3/b17-15+. The van der Waals surface area contributed by atoms with Crippen LogP contribution < -0.4 is 10.5 Å². The Hall–Kier alpha value is -2.73. The number of nitrogens with zero attached hydrogens (tertiary/aromatic N) is 1. The van der Waals surface area contributed by atoms with Gasteiger partial charge in [-0.25, -0.2) is 0 Å². The largest absolute Gasteiger partial charge is 0.496 e. The van der Waals surface area contributed by atoms with E-state index in [2.05, 4.69) is 6.07 Å². The fourth-order valence-corrected chi connectivity index (χ4v) is 2.02. The van der Waals surface area contributed by atoms with Crippen LogP contribution in [0, 0.1) is 18.3 Å². The maximum Gasteiger partial charge on any atom is 0.122 e. The van der Waals surface area contributed by atoms with Gasteiger partial charge >= 0.3 is 0 Å². The van der Waals surface area contributed by atoms with Gasteiger partial charge in [-0.3, -0.25) is 0 Å². The molecular weight excluding hydrogens is 248 g/mol. The lowest BCUT2D eigenvalue weighted by atomic mass is 10.00. The molecule has 0 saturated heterocycles. The van der Waals surface area contributed by atoms with Gasteiger partial charge in [0.05, 0.1) is 18.4 Å². The van der Waals surface area contributed by atoms with Crippen molar-refractivity contribution in [2.24, 2.45) is 5.73 Å². The molecule has 0 aliphatic heterocycles. The summed E-state index contributed by atoms with van der Waals surface area (Å²) in [6.07, 6.45) is 0. The zero-order valence-corrected chi connectivity index (χ0v) is 11.6. The second-order valence-corrected chi connectivity index (χ2v) is 4.45. The van der Waals surface area contributed by atoms with Crippen molar-refractivity contribution in [3.05, 3.63) is 65.2 Å². The van der Waals surface area contributed by atoms with Crippen LogP contribution in [0.3, 0.4) is 0 Å². The molecule has 0 amide bonds. The van der Waals surface area contributed by atoms with Crippen LogP contribution in [0.25, 0.3) is 11.3 Å². The van der Waals surface area contributed by atoms with E-state index in [4.69, 9.17) is 10.5 Å². The minimum atomic E-state index is 0.456. The van der Waals surface area contributed by atoms with Crippen molar-refractivity contribution in [3.8, 4) is 11.8 Å². The molecule has 0 aliphatic carbocycles. The van der Waals surface area contributed by atoms with Crippen LogP contribution in [0.4, 0.5) is 0 Å². The van der Waals surface area contributed by atoms with Crippen molar-refractivity contribution in [3.63, 3.8) is 0 Å². The molecule has 0 fully saturated rings. The highest BCUT2D eigenvalue weighted by Crippen LogP contribution is 2.26. The first-order chi connectivity index (χ1) is 9.67. The van der Waals surface area contributed by atoms with E-state index in [1.807, 2.05) is 55.5 Å². The van der Waals surface area contributed by atoms with Gasteiger partial charge in [0.25, 0.3) is 0 Å². The molecule has 2 N–H and O–H groups in total. The number of allylic oxidation sites excluding steroid dienone is 1. The number of nitriles is 1. The van der Waals surface area contributed by atoms with E-state index in [0.717, 1.165) is 22.4 Å². The minimum absolute atomic E-state index is 0.456. The van der Waals surface area contributed by atoms with Crippen molar-refractivity contribution >= 4 is 11.3 Å². The second-order valence-electron chi connectivity index (χ2n) is 4.45. The van der Waals surface area contributed by atoms with Gasteiger partial charge < -0.3 is 10.5 Å². The summed E-state index contributed by atoms with van der Waals surface area (Å²) >= 11 is 0. The van der Waals surface area contributed by atoms with E-state index < -0.39 is 0 Å². The zero-order chi connectivity index (χ0) is 14.5. The van der Waals surface area contributed by atoms with Gasteiger partial charge in [-0.2, -0.15) is 5.26 Å². The predicted molar refractivity (Wildman–Crippen MR) is 80.8 cm³/mol. The van der Waals surface area contributed by atoms with Crippen molar-refractivity contribution < 1.29 is 4.74 Å². The molecule has 0 saturated carbocycles. The third kappa shape index (κ3) is 2.65. The summed E-state index contributed by atoms with van der Waals surface area (Å²) in [5.41, 5.74) is 9.71. The van der Waals surface area contributed by atoms with Gasteiger partial charge in [-0.15, -0.1) is 0 Å². The third-order valence-corrected chi connectivity index (χ3v) is 3.16. The van der Waals surface area contributed by atoms with E-state index >= 15 is 0 Å². The molecule has 0 heterocycles. The minimum Gasteiger partial charge on any atom is -0.496 e. The Labute approximate surface area is 118 Å². The first-order valence-corrected chi connectivity index (χ1v) is 6.27. The Morgan fingerprint density at radius 3 is 2.40 bits per heavy atom. The lowest BCUT2D eigenvalue weighted by Crippen LogP contribution is -2.01. The molecule has 0 spiro atoms. The Morgan fingerprint density at radius 2 is 1.80 bits per heavy atom. The fraction of sp³-hybridized carbons (Fsp3) is 0.118. The van der Waals surface area contributed by atoms with Crippen LogP contribution in [0.1, 0.15) is 16.7 Å². The molecule has 0 radical (unpaired) electrons. The molecule has 0 bridgehead atoms. The summed E-state index contributed by atoms with van der Waals surface area (Å²) in [6.45, 7) is 1.96. The maximum absolute atomic E-state index is 9.37. The topological polar surface area (TPSA) is 59.0 Å². The molecule has 2 rings (SSSR count). The molecule has 100 valence electrons. The van der Waals surface area contributed by atoms with Gasteiger partial charge in [0.1, 0.15) is 11.8 Å². The molecule has 0 aliphatic rings. The average Bonchev–Trinajstić information content (AvgIpc) is 2.49. The van der Waals surface area contributed by atoms with Crippen molar-refractivity contribution in [2.45, 2.75) is 6.92 Å². The van der Waals surface area contributed by atoms with E-state index in [1.54, 1.807) is 7.11 Å². The van der Waals surface area contributed by atoms with Crippen molar-refractivity contribution in [2.75, 3.05) is 7.11 Å². The van der Waals surface area contributed by atoms with Crippen LogP contribution in [0.15, 0.2) is 48.5 Å². The number of hydrogen-bond donors (Lipinski definition) is 1. The van der Waals surface area contributed by atoms with Crippen LogP contribution >= 0.6 is 0 Å². The van der Waals surface area contributed by atoms with E-state index in [9.17, 15) is 5.26 Å². The Bertz CT molecular complexity index is 682. The molecule has 2 aromatic carbocycles. The third-order valence-electron chi connectivity index (χ3n) is 3.16. The highest BCUT2D eigenvalue weighted by molar-refractivity contribution is 5.96. The van der Waals surface area contributed by atoms with Gasteiger partial charge in [0, 0.05) is 5.56 Å². The van der Waals surface area contributed by atoms with Crippen LogP contribution in [0.2, 0.25) is 0 Å². The molecule has 2 aromatic rings. The van der Waals surface area contributed by atoms with E-state index in [0.29, 0.717) is 11.3 Å². The fourth-order valence-electron chi connectivity index (χ4n) is 2.02. The zero-order valence-electron chi connectivity index (χ0n) is 11.6. The predicted octanol–water partition coefficient (Wildman–Crippen LogP) is 3.35. The average molecular weight is 264 g/mol. The highest BCUT2D eigenvalue weighted by atomic mass is 16.5. The molecule has 0 unspecified atom stereocenters. The molecule has 3 nitrogen and oxygen atoms in total. The summed E-state index contributed by atoms with van der Waals surface area (Å²) in [6, 6.07) is 17.3. The van der Waals surface area contributed by atoms with Gasteiger partial charge in [-0.1, -0.05) is 42.5 Å². The quantitative estimate of drug-likeness (QED) is 0.683.